The molecular weight excluding hydrogens is 388 g/mol. The quantitative estimate of drug-likeness (QED) is 0.565. The van der Waals surface area contributed by atoms with Crippen LogP contribution in [0.1, 0.15) is 104 Å². The molecule has 0 saturated heterocycles. The maximum atomic E-state index is 10.6. The highest BCUT2D eigenvalue weighted by Crippen LogP contribution is 2.67. The number of hydrogen-bond acceptors (Lipinski definition) is 4. The van der Waals surface area contributed by atoms with Crippen molar-refractivity contribution in [2.45, 2.75) is 122 Å². The fourth-order valence-corrected chi connectivity index (χ4v) is 9.39. The fraction of sp³-hybridized carbons (Fsp3) is 1.00. The first kappa shape index (κ1) is 22.6. The van der Waals surface area contributed by atoms with Gasteiger partial charge in [0.25, 0.3) is 0 Å². The molecule has 4 heteroatoms. The molecule has 5 aliphatic carbocycles. The predicted molar refractivity (Wildman–Crippen MR) is 121 cm³/mol. The lowest BCUT2D eigenvalue weighted by molar-refractivity contribution is -0.290. The lowest BCUT2D eigenvalue weighted by atomic mass is 9.44. The zero-order valence-corrected chi connectivity index (χ0v) is 20.0. The van der Waals surface area contributed by atoms with Gasteiger partial charge in [-0.15, -0.1) is 0 Å². The summed E-state index contributed by atoms with van der Waals surface area (Å²) in [6.07, 6.45) is 16.2. The smallest absolute Gasteiger partial charge is 0.168 e. The Bertz CT molecular complexity index is 625. The third-order valence-corrected chi connectivity index (χ3v) is 10.9. The highest BCUT2D eigenvalue weighted by atomic mass is 16.7. The van der Waals surface area contributed by atoms with Crippen LogP contribution in [0.4, 0.5) is 0 Å². The van der Waals surface area contributed by atoms with Gasteiger partial charge in [-0.25, -0.2) is 0 Å². The molecule has 5 saturated carbocycles. The number of ether oxygens (including phenoxy) is 2. The second-order valence-electron chi connectivity index (χ2n) is 12.1. The van der Waals surface area contributed by atoms with E-state index in [0.717, 1.165) is 50.5 Å². The zero-order valence-electron chi connectivity index (χ0n) is 20.0. The van der Waals surface area contributed by atoms with Crippen molar-refractivity contribution in [1.82, 2.24) is 0 Å². The summed E-state index contributed by atoms with van der Waals surface area (Å²) in [5, 5.41) is 20.9. The number of hydrogen-bond donors (Lipinski definition) is 2. The second-order valence-corrected chi connectivity index (χ2v) is 12.1. The molecule has 0 amide bonds. The van der Waals surface area contributed by atoms with E-state index in [1.165, 1.54) is 57.8 Å². The van der Waals surface area contributed by atoms with Crippen LogP contribution in [0.2, 0.25) is 0 Å². The van der Waals surface area contributed by atoms with Crippen LogP contribution in [-0.4, -0.2) is 41.4 Å². The number of aliphatic hydroxyl groups is 2. The van der Waals surface area contributed by atoms with Gasteiger partial charge in [0.2, 0.25) is 0 Å². The van der Waals surface area contributed by atoms with Gasteiger partial charge in [0.1, 0.15) is 0 Å². The minimum absolute atomic E-state index is 0.0678. The van der Waals surface area contributed by atoms with Crippen molar-refractivity contribution in [1.29, 1.82) is 0 Å². The fourth-order valence-electron chi connectivity index (χ4n) is 9.39. The number of fused-ring (bicyclic) bond motifs is 5. The van der Waals surface area contributed by atoms with Crippen LogP contribution < -0.4 is 0 Å². The monoisotopic (exact) mass is 434 g/mol. The molecule has 5 fully saturated rings. The van der Waals surface area contributed by atoms with Crippen molar-refractivity contribution in [2.75, 3.05) is 13.2 Å². The molecule has 2 N–H and O–H groups in total. The lowest BCUT2D eigenvalue weighted by Crippen LogP contribution is -2.57. The Kier molecular flexibility index (Phi) is 6.25. The van der Waals surface area contributed by atoms with Crippen molar-refractivity contribution in [2.24, 2.45) is 34.5 Å². The van der Waals surface area contributed by atoms with Gasteiger partial charge in [-0.2, -0.15) is 0 Å². The molecule has 5 aliphatic rings. The molecule has 178 valence electrons. The maximum absolute atomic E-state index is 10.6. The van der Waals surface area contributed by atoms with E-state index in [2.05, 4.69) is 13.8 Å². The highest BCUT2D eigenvalue weighted by molar-refractivity contribution is 5.11. The van der Waals surface area contributed by atoms with E-state index in [1.807, 2.05) is 0 Å². The number of rotatable bonds is 5. The standard InChI is InChI=1S/C27H46O4/c1-3-30-27(13-5-4-6-14-27)31-24-10-9-22-21-8-7-19-17-20(29)11-16-26(19,18-28)23(21)12-15-25(22,24)2/h19-24,28-29H,3-18H2,1-2H3/t19?,20?,21-,22-,23+,24?,25-,26+/m0/s1. The summed E-state index contributed by atoms with van der Waals surface area (Å²) in [6.45, 7) is 5.69. The summed E-state index contributed by atoms with van der Waals surface area (Å²) in [6, 6.07) is 0. The molecule has 4 nitrogen and oxygen atoms in total. The lowest BCUT2D eigenvalue weighted by Gasteiger charge is -2.61. The van der Waals surface area contributed by atoms with Crippen molar-refractivity contribution in [3.63, 3.8) is 0 Å². The molecular formula is C27H46O4. The van der Waals surface area contributed by atoms with E-state index in [-0.39, 0.29) is 22.7 Å². The van der Waals surface area contributed by atoms with Crippen LogP contribution in [0.15, 0.2) is 0 Å². The van der Waals surface area contributed by atoms with Gasteiger partial charge in [-0.3, -0.25) is 0 Å². The maximum Gasteiger partial charge on any atom is 0.168 e. The van der Waals surface area contributed by atoms with Crippen molar-refractivity contribution >= 4 is 0 Å². The minimum Gasteiger partial charge on any atom is -0.396 e. The largest absolute Gasteiger partial charge is 0.396 e. The van der Waals surface area contributed by atoms with E-state index in [9.17, 15) is 10.2 Å². The van der Waals surface area contributed by atoms with E-state index in [4.69, 9.17) is 9.47 Å². The van der Waals surface area contributed by atoms with Crippen LogP contribution in [0.5, 0.6) is 0 Å². The molecule has 0 aromatic rings. The summed E-state index contributed by atoms with van der Waals surface area (Å²) in [5.41, 5.74) is 0.318. The predicted octanol–water partition coefficient (Wildman–Crippen LogP) is 5.44. The second kappa shape index (κ2) is 8.56. The molecule has 5 rings (SSSR count). The molecule has 0 bridgehead atoms. The highest BCUT2D eigenvalue weighted by Gasteiger charge is 2.62. The van der Waals surface area contributed by atoms with E-state index >= 15 is 0 Å². The van der Waals surface area contributed by atoms with E-state index in [1.54, 1.807) is 0 Å². The molecule has 0 aromatic carbocycles. The summed E-state index contributed by atoms with van der Waals surface area (Å²) >= 11 is 0. The van der Waals surface area contributed by atoms with E-state index in [0.29, 0.717) is 24.5 Å². The van der Waals surface area contributed by atoms with Gasteiger partial charge < -0.3 is 19.7 Å². The van der Waals surface area contributed by atoms with Gasteiger partial charge in [0.05, 0.1) is 12.2 Å². The van der Waals surface area contributed by atoms with E-state index < -0.39 is 0 Å². The van der Waals surface area contributed by atoms with Crippen LogP contribution in [0.25, 0.3) is 0 Å². The Balaban J connectivity index is 1.36. The van der Waals surface area contributed by atoms with Crippen molar-refractivity contribution < 1.29 is 19.7 Å². The summed E-state index contributed by atoms with van der Waals surface area (Å²) in [4.78, 5) is 0. The normalized spacial score (nSPS) is 49.2. The first-order valence-electron chi connectivity index (χ1n) is 13.6. The summed E-state index contributed by atoms with van der Waals surface area (Å²) < 4.78 is 13.3. The van der Waals surface area contributed by atoms with Crippen LogP contribution in [-0.2, 0) is 9.47 Å². The first-order chi connectivity index (χ1) is 15.0. The van der Waals surface area contributed by atoms with Gasteiger partial charge >= 0.3 is 0 Å². The Morgan fingerprint density at radius 1 is 0.871 bits per heavy atom. The molecule has 0 spiro atoms. The summed E-state index contributed by atoms with van der Waals surface area (Å²) in [7, 11) is 0. The topological polar surface area (TPSA) is 58.9 Å². The number of aliphatic hydroxyl groups excluding tert-OH is 2. The molecule has 0 aromatic heterocycles. The minimum atomic E-state index is -0.337. The van der Waals surface area contributed by atoms with Crippen LogP contribution in [0, 0.1) is 34.5 Å². The molecule has 0 aliphatic heterocycles. The molecule has 8 atom stereocenters. The zero-order chi connectivity index (χ0) is 21.7. The molecule has 31 heavy (non-hydrogen) atoms. The van der Waals surface area contributed by atoms with Crippen molar-refractivity contribution in [3.8, 4) is 0 Å². The average molecular weight is 435 g/mol. The Morgan fingerprint density at radius 3 is 2.42 bits per heavy atom. The first-order valence-corrected chi connectivity index (χ1v) is 13.6. The Morgan fingerprint density at radius 2 is 1.68 bits per heavy atom. The Labute approximate surface area is 189 Å². The molecule has 0 radical (unpaired) electrons. The third-order valence-electron chi connectivity index (χ3n) is 10.9. The van der Waals surface area contributed by atoms with Gasteiger partial charge in [0.15, 0.2) is 5.79 Å². The van der Waals surface area contributed by atoms with Crippen LogP contribution in [0.3, 0.4) is 0 Å². The average Bonchev–Trinajstić information content (AvgIpc) is 3.10. The third kappa shape index (κ3) is 3.63. The van der Waals surface area contributed by atoms with Gasteiger partial charge in [-0.05, 0) is 112 Å². The van der Waals surface area contributed by atoms with Gasteiger partial charge in [-0.1, -0.05) is 13.3 Å². The summed E-state index contributed by atoms with van der Waals surface area (Å²) in [5.74, 6) is 2.26. The molecule has 3 unspecified atom stereocenters. The Hall–Kier alpha value is -0.160. The van der Waals surface area contributed by atoms with Gasteiger partial charge in [0, 0.05) is 26.1 Å². The van der Waals surface area contributed by atoms with Crippen molar-refractivity contribution in [3.05, 3.63) is 0 Å². The van der Waals surface area contributed by atoms with Crippen LogP contribution >= 0.6 is 0 Å². The SMILES string of the molecule is CCOC1(OC2CC[C@H]3[C@@H]4CCC5CC(O)CC[C@]5(CO)[C@@H]4CC[C@]23C)CCCCC1. The molecule has 0 heterocycles.